The SMILES string of the molecule is O=C(C1CCC2CCCCC2N1)N1CCCC2CCCC21. The lowest BCUT2D eigenvalue weighted by Gasteiger charge is -2.44. The van der Waals surface area contributed by atoms with Crippen LogP contribution in [0.15, 0.2) is 0 Å². The molecule has 0 aromatic heterocycles. The fourth-order valence-electron chi connectivity index (χ4n) is 5.62. The first-order valence-electron chi connectivity index (χ1n) is 9.39. The van der Waals surface area contributed by atoms with Crippen molar-refractivity contribution in [2.45, 2.75) is 88.8 Å². The standard InChI is InChI=1S/C18H30N2O/c21-18(20-12-4-7-14-6-3-9-17(14)20)16-11-10-13-5-1-2-8-15(13)19-16/h13-17,19H,1-12H2. The van der Waals surface area contributed by atoms with Gasteiger partial charge in [-0.3, -0.25) is 4.79 Å². The van der Waals surface area contributed by atoms with E-state index >= 15 is 0 Å². The van der Waals surface area contributed by atoms with Crippen LogP contribution >= 0.6 is 0 Å². The molecule has 0 radical (unpaired) electrons. The van der Waals surface area contributed by atoms with Crippen LogP contribution < -0.4 is 5.32 Å². The number of piperidine rings is 2. The molecule has 2 saturated carbocycles. The summed E-state index contributed by atoms with van der Waals surface area (Å²) in [7, 11) is 0. The van der Waals surface area contributed by atoms with Crippen LogP contribution in [0.2, 0.25) is 0 Å². The van der Waals surface area contributed by atoms with Crippen molar-refractivity contribution in [1.29, 1.82) is 0 Å². The van der Waals surface area contributed by atoms with E-state index in [2.05, 4.69) is 10.2 Å². The molecular weight excluding hydrogens is 260 g/mol. The zero-order chi connectivity index (χ0) is 14.2. The fourth-order valence-corrected chi connectivity index (χ4v) is 5.62. The fraction of sp³-hybridized carbons (Fsp3) is 0.944. The maximum Gasteiger partial charge on any atom is 0.239 e. The first kappa shape index (κ1) is 14.0. The Labute approximate surface area is 128 Å². The highest BCUT2D eigenvalue weighted by Crippen LogP contribution is 2.38. The van der Waals surface area contributed by atoms with E-state index < -0.39 is 0 Å². The molecule has 2 aliphatic carbocycles. The quantitative estimate of drug-likeness (QED) is 0.805. The minimum Gasteiger partial charge on any atom is -0.338 e. The Morgan fingerprint density at radius 3 is 2.57 bits per heavy atom. The Kier molecular flexibility index (Phi) is 3.95. The molecule has 5 unspecified atom stereocenters. The van der Waals surface area contributed by atoms with Crippen molar-refractivity contribution >= 4 is 5.91 Å². The van der Waals surface area contributed by atoms with Crippen molar-refractivity contribution in [2.75, 3.05) is 6.54 Å². The number of carbonyl (C=O) groups excluding carboxylic acids is 1. The molecule has 0 spiro atoms. The summed E-state index contributed by atoms with van der Waals surface area (Å²) in [5.74, 6) is 2.10. The van der Waals surface area contributed by atoms with Crippen LogP contribution in [-0.4, -0.2) is 35.5 Å². The van der Waals surface area contributed by atoms with Crippen LogP contribution in [0.4, 0.5) is 0 Å². The molecule has 3 nitrogen and oxygen atoms in total. The van der Waals surface area contributed by atoms with Gasteiger partial charge in [0.15, 0.2) is 0 Å². The third kappa shape index (κ3) is 2.62. The molecule has 0 aromatic carbocycles. The van der Waals surface area contributed by atoms with Crippen LogP contribution in [-0.2, 0) is 4.79 Å². The topological polar surface area (TPSA) is 32.3 Å². The zero-order valence-electron chi connectivity index (χ0n) is 13.2. The van der Waals surface area contributed by atoms with Gasteiger partial charge in [0.1, 0.15) is 0 Å². The summed E-state index contributed by atoms with van der Waals surface area (Å²) in [6, 6.07) is 1.34. The summed E-state index contributed by atoms with van der Waals surface area (Å²) in [6.07, 6.45) is 14.3. The van der Waals surface area contributed by atoms with E-state index in [9.17, 15) is 4.79 Å². The first-order valence-corrected chi connectivity index (χ1v) is 9.39. The first-order chi connectivity index (χ1) is 10.3. The Morgan fingerprint density at radius 2 is 1.62 bits per heavy atom. The van der Waals surface area contributed by atoms with E-state index in [1.165, 1.54) is 64.2 Å². The Balaban J connectivity index is 1.42. The lowest BCUT2D eigenvalue weighted by molar-refractivity contribution is -0.139. The van der Waals surface area contributed by atoms with Gasteiger partial charge in [0.05, 0.1) is 6.04 Å². The molecule has 2 aliphatic heterocycles. The highest BCUT2D eigenvalue weighted by molar-refractivity contribution is 5.82. The second-order valence-corrected chi connectivity index (χ2v) is 7.88. The maximum absolute atomic E-state index is 13.0. The summed E-state index contributed by atoms with van der Waals surface area (Å²) >= 11 is 0. The third-order valence-corrected chi connectivity index (χ3v) is 6.72. The number of nitrogens with one attached hydrogen (secondary N) is 1. The van der Waals surface area contributed by atoms with Gasteiger partial charge < -0.3 is 10.2 Å². The maximum atomic E-state index is 13.0. The van der Waals surface area contributed by atoms with Gasteiger partial charge in [0, 0.05) is 18.6 Å². The Bertz CT molecular complexity index is 397. The van der Waals surface area contributed by atoms with Crippen LogP contribution in [0.1, 0.15) is 70.6 Å². The monoisotopic (exact) mass is 290 g/mol. The summed E-state index contributed by atoms with van der Waals surface area (Å²) in [6.45, 7) is 1.02. The lowest BCUT2D eigenvalue weighted by atomic mass is 9.77. The molecule has 2 heterocycles. The molecule has 3 heteroatoms. The van der Waals surface area contributed by atoms with Crippen molar-refractivity contribution < 1.29 is 4.79 Å². The minimum atomic E-state index is 0.128. The normalized spacial score (nSPS) is 43.2. The summed E-state index contributed by atoms with van der Waals surface area (Å²) in [5.41, 5.74) is 0. The molecule has 0 aromatic rings. The predicted octanol–water partition coefficient (Wildman–Crippen LogP) is 3.09. The largest absolute Gasteiger partial charge is 0.338 e. The van der Waals surface area contributed by atoms with E-state index in [4.69, 9.17) is 0 Å². The molecule has 1 N–H and O–H groups in total. The van der Waals surface area contributed by atoms with Gasteiger partial charge in [-0.25, -0.2) is 0 Å². The van der Waals surface area contributed by atoms with Crippen molar-refractivity contribution in [1.82, 2.24) is 10.2 Å². The number of hydrogen-bond acceptors (Lipinski definition) is 2. The number of hydrogen-bond donors (Lipinski definition) is 1. The van der Waals surface area contributed by atoms with Gasteiger partial charge in [-0.2, -0.15) is 0 Å². The Morgan fingerprint density at radius 1 is 0.810 bits per heavy atom. The number of rotatable bonds is 1. The predicted molar refractivity (Wildman–Crippen MR) is 84.0 cm³/mol. The van der Waals surface area contributed by atoms with Gasteiger partial charge in [0.25, 0.3) is 0 Å². The average molecular weight is 290 g/mol. The summed E-state index contributed by atoms with van der Waals surface area (Å²) in [5, 5.41) is 3.74. The van der Waals surface area contributed by atoms with E-state index in [1.54, 1.807) is 0 Å². The van der Waals surface area contributed by atoms with E-state index in [-0.39, 0.29) is 6.04 Å². The molecule has 4 rings (SSSR count). The molecule has 4 aliphatic rings. The van der Waals surface area contributed by atoms with E-state index in [0.717, 1.165) is 24.8 Å². The van der Waals surface area contributed by atoms with Gasteiger partial charge in [-0.15, -0.1) is 0 Å². The molecule has 0 bridgehead atoms. The second-order valence-electron chi connectivity index (χ2n) is 7.88. The van der Waals surface area contributed by atoms with E-state index in [1.807, 2.05) is 0 Å². The van der Waals surface area contributed by atoms with Crippen LogP contribution in [0.3, 0.4) is 0 Å². The number of fused-ring (bicyclic) bond motifs is 2. The number of nitrogens with zero attached hydrogens (tertiary/aromatic N) is 1. The molecule has 2 saturated heterocycles. The molecular formula is C18H30N2O. The van der Waals surface area contributed by atoms with Crippen molar-refractivity contribution in [3.05, 3.63) is 0 Å². The van der Waals surface area contributed by atoms with Gasteiger partial charge >= 0.3 is 0 Å². The van der Waals surface area contributed by atoms with Crippen LogP contribution in [0, 0.1) is 11.8 Å². The third-order valence-electron chi connectivity index (χ3n) is 6.72. The van der Waals surface area contributed by atoms with Crippen molar-refractivity contribution in [2.24, 2.45) is 11.8 Å². The summed E-state index contributed by atoms with van der Waals surface area (Å²) in [4.78, 5) is 15.3. The smallest absolute Gasteiger partial charge is 0.239 e. The van der Waals surface area contributed by atoms with Crippen molar-refractivity contribution in [3.63, 3.8) is 0 Å². The summed E-state index contributed by atoms with van der Waals surface area (Å²) < 4.78 is 0. The number of carbonyl (C=O) groups is 1. The molecule has 5 atom stereocenters. The van der Waals surface area contributed by atoms with Gasteiger partial charge in [0.2, 0.25) is 5.91 Å². The average Bonchev–Trinajstić information content (AvgIpc) is 3.02. The second kappa shape index (κ2) is 5.91. The van der Waals surface area contributed by atoms with E-state index in [0.29, 0.717) is 18.0 Å². The van der Waals surface area contributed by atoms with Gasteiger partial charge in [-0.05, 0) is 63.2 Å². The van der Waals surface area contributed by atoms with Crippen LogP contribution in [0.5, 0.6) is 0 Å². The number of likely N-dealkylation sites (tertiary alicyclic amines) is 1. The highest BCUT2D eigenvalue weighted by Gasteiger charge is 2.41. The molecule has 4 fully saturated rings. The number of amides is 1. The molecule has 1 amide bonds. The van der Waals surface area contributed by atoms with Crippen molar-refractivity contribution in [3.8, 4) is 0 Å². The molecule has 118 valence electrons. The molecule has 21 heavy (non-hydrogen) atoms. The zero-order valence-corrected chi connectivity index (χ0v) is 13.2. The van der Waals surface area contributed by atoms with Gasteiger partial charge in [-0.1, -0.05) is 19.3 Å². The minimum absolute atomic E-state index is 0.128. The lowest BCUT2D eigenvalue weighted by Crippen LogP contribution is -2.58. The van der Waals surface area contributed by atoms with Crippen LogP contribution in [0.25, 0.3) is 0 Å². The Hall–Kier alpha value is -0.570. The highest BCUT2D eigenvalue weighted by atomic mass is 16.2.